The van der Waals surface area contributed by atoms with Gasteiger partial charge in [-0.15, -0.1) is 0 Å². The molecule has 2 heterocycles. The first-order valence-corrected chi connectivity index (χ1v) is 5.17. The summed E-state index contributed by atoms with van der Waals surface area (Å²) in [4.78, 5) is 39.2. The van der Waals surface area contributed by atoms with Gasteiger partial charge in [-0.25, -0.2) is 14.6 Å². The zero-order valence-corrected chi connectivity index (χ0v) is 9.49. The molecular formula is C12H8N2O5. The summed E-state index contributed by atoms with van der Waals surface area (Å²) in [5.41, 5.74) is -0.587. The molecule has 0 unspecified atom stereocenters. The summed E-state index contributed by atoms with van der Waals surface area (Å²) in [5.74, 6) is -1.85. The second-order valence-corrected chi connectivity index (χ2v) is 3.50. The number of carbonyl (C=O) groups is 2. The number of rotatable bonds is 3. The van der Waals surface area contributed by atoms with Crippen LogP contribution >= 0.6 is 0 Å². The smallest absolute Gasteiger partial charge is 0.360 e. The number of carboxylic acids is 1. The lowest BCUT2D eigenvalue weighted by Gasteiger charge is -2.03. The van der Waals surface area contributed by atoms with Crippen LogP contribution in [0.1, 0.15) is 21.0 Å². The zero-order valence-electron chi connectivity index (χ0n) is 9.49. The number of aromatic nitrogens is 2. The molecule has 7 heteroatoms. The molecule has 0 bridgehead atoms. The summed E-state index contributed by atoms with van der Waals surface area (Å²) >= 11 is 0. The number of hydrogen-bond acceptors (Lipinski definition) is 5. The molecule has 0 aliphatic rings. The van der Waals surface area contributed by atoms with Gasteiger partial charge in [-0.05, 0) is 18.2 Å². The Bertz CT molecular complexity index is 675. The van der Waals surface area contributed by atoms with Crippen LogP contribution in [-0.4, -0.2) is 27.0 Å². The standard InChI is InChI=1S/C12H8N2O5/c15-10-3-1-2-9(14-10)12(18)19-7-4-5-8(11(16)17)13-6-7/h1-6H,(H,14,15)(H,16,17). The molecule has 0 radical (unpaired) electrons. The number of aromatic carboxylic acids is 1. The summed E-state index contributed by atoms with van der Waals surface area (Å²) < 4.78 is 4.93. The summed E-state index contributed by atoms with van der Waals surface area (Å²) in [7, 11) is 0. The van der Waals surface area contributed by atoms with Crippen molar-refractivity contribution in [1.82, 2.24) is 9.97 Å². The second kappa shape index (κ2) is 5.13. The minimum Gasteiger partial charge on any atom is -0.477 e. The molecular weight excluding hydrogens is 252 g/mol. The highest BCUT2D eigenvalue weighted by Gasteiger charge is 2.10. The van der Waals surface area contributed by atoms with Crippen LogP contribution in [0, 0.1) is 0 Å². The lowest BCUT2D eigenvalue weighted by Crippen LogP contribution is -2.16. The van der Waals surface area contributed by atoms with Crippen molar-refractivity contribution in [3.8, 4) is 5.75 Å². The third kappa shape index (κ3) is 3.03. The molecule has 2 rings (SSSR count). The van der Waals surface area contributed by atoms with Gasteiger partial charge in [-0.1, -0.05) is 6.07 Å². The Labute approximate surface area is 106 Å². The molecule has 2 N–H and O–H groups in total. The van der Waals surface area contributed by atoms with E-state index >= 15 is 0 Å². The van der Waals surface area contributed by atoms with Gasteiger partial charge in [0.25, 0.3) is 0 Å². The van der Waals surface area contributed by atoms with Gasteiger partial charge in [0.2, 0.25) is 5.56 Å². The molecule has 19 heavy (non-hydrogen) atoms. The Morgan fingerprint density at radius 1 is 1.21 bits per heavy atom. The molecule has 0 saturated carbocycles. The molecule has 0 saturated heterocycles. The van der Waals surface area contributed by atoms with Crippen molar-refractivity contribution in [3.63, 3.8) is 0 Å². The molecule has 0 aliphatic heterocycles. The Morgan fingerprint density at radius 2 is 2.00 bits per heavy atom. The van der Waals surface area contributed by atoms with Crippen molar-refractivity contribution >= 4 is 11.9 Å². The van der Waals surface area contributed by atoms with Gasteiger partial charge in [0, 0.05) is 6.07 Å². The maximum absolute atomic E-state index is 11.6. The predicted molar refractivity (Wildman–Crippen MR) is 63.2 cm³/mol. The Morgan fingerprint density at radius 3 is 2.58 bits per heavy atom. The molecule has 0 atom stereocenters. The third-order valence-corrected chi connectivity index (χ3v) is 2.15. The fourth-order valence-electron chi connectivity index (χ4n) is 1.30. The Balaban J connectivity index is 2.15. The summed E-state index contributed by atoms with van der Waals surface area (Å²) in [6, 6.07) is 6.58. The van der Waals surface area contributed by atoms with Crippen LogP contribution in [0.25, 0.3) is 0 Å². The summed E-state index contributed by atoms with van der Waals surface area (Å²) in [5, 5.41) is 8.66. The number of ether oxygens (including phenoxy) is 1. The minimum atomic E-state index is -1.18. The van der Waals surface area contributed by atoms with E-state index in [1.807, 2.05) is 0 Å². The van der Waals surface area contributed by atoms with Crippen molar-refractivity contribution in [1.29, 1.82) is 0 Å². The van der Waals surface area contributed by atoms with E-state index in [0.717, 1.165) is 6.20 Å². The van der Waals surface area contributed by atoms with Crippen LogP contribution in [0.5, 0.6) is 5.75 Å². The Hall–Kier alpha value is -2.96. The number of nitrogens with zero attached hydrogens (tertiary/aromatic N) is 1. The quantitative estimate of drug-likeness (QED) is 0.785. The van der Waals surface area contributed by atoms with E-state index in [1.165, 1.54) is 30.3 Å². The lowest BCUT2D eigenvalue weighted by molar-refractivity contribution is 0.0690. The fraction of sp³-hybridized carbons (Fsp3) is 0. The number of carbonyl (C=O) groups excluding carboxylic acids is 1. The van der Waals surface area contributed by atoms with Crippen LogP contribution in [-0.2, 0) is 0 Å². The normalized spacial score (nSPS) is 9.89. The largest absolute Gasteiger partial charge is 0.477 e. The summed E-state index contributed by atoms with van der Waals surface area (Å²) in [6.07, 6.45) is 1.11. The van der Waals surface area contributed by atoms with Crippen LogP contribution in [0.15, 0.2) is 41.3 Å². The number of pyridine rings is 2. The number of nitrogens with one attached hydrogen (secondary N) is 1. The molecule has 0 aromatic carbocycles. The van der Waals surface area contributed by atoms with Crippen LogP contribution < -0.4 is 10.3 Å². The highest BCUT2D eigenvalue weighted by atomic mass is 16.5. The average Bonchev–Trinajstić information content (AvgIpc) is 2.39. The first kappa shape index (κ1) is 12.5. The highest BCUT2D eigenvalue weighted by Crippen LogP contribution is 2.10. The van der Waals surface area contributed by atoms with Crippen molar-refractivity contribution in [2.45, 2.75) is 0 Å². The van der Waals surface area contributed by atoms with E-state index in [-0.39, 0.29) is 17.1 Å². The van der Waals surface area contributed by atoms with E-state index in [2.05, 4.69) is 9.97 Å². The monoisotopic (exact) mass is 260 g/mol. The SMILES string of the molecule is O=C(O)c1ccc(OC(=O)c2cccc(=O)[nH]2)cn1. The van der Waals surface area contributed by atoms with E-state index in [0.29, 0.717) is 0 Å². The first-order chi connectivity index (χ1) is 9.06. The number of esters is 1. The molecule has 0 fully saturated rings. The van der Waals surface area contributed by atoms with E-state index in [1.54, 1.807) is 0 Å². The van der Waals surface area contributed by atoms with Gasteiger partial charge in [0.1, 0.15) is 17.1 Å². The molecule has 0 amide bonds. The van der Waals surface area contributed by atoms with Crippen molar-refractivity contribution in [2.75, 3.05) is 0 Å². The number of H-pyrrole nitrogens is 1. The number of aromatic amines is 1. The predicted octanol–water partition coefficient (Wildman–Crippen LogP) is 0.687. The van der Waals surface area contributed by atoms with Crippen LogP contribution in [0.3, 0.4) is 0 Å². The van der Waals surface area contributed by atoms with Crippen molar-refractivity contribution < 1.29 is 19.4 Å². The summed E-state index contributed by atoms with van der Waals surface area (Å²) in [6.45, 7) is 0. The average molecular weight is 260 g/mol. The van der Waals surface area contributed by atoms with Crippen LogP contribution in [0.4, 0.5) is 0 Å². The first-order valence-electron chi connectivity index (χ1n) is 5.17. The molecule has 7 nitrogen and oxygen atoms in total. The van der Waals surface area contributed by atoms with Crippen molar-refractivity contribution in [3.05, 3.63) is 58.3 Å². The fourth-order valence-corrected chi connectivity index (χ4v) is 1.30. The minimum absolute atomic E-state index is 0.00480. The van der Waals surface area contributed by atoms with E-state index in [4.69, 9.17) is 9.84 Å². The zero-order chi connectivity index (χ0) is 13.8. The van der Waals surface area contributed by atoms with Gasteiger partial charge >= 0.3 is 11.9 Å². The van der Waals surface area contributed by atoms with Crippen molar-refractivity contribution in [2.24, 2.45) is 0 Å². The van der Waals surface area contributed by atoms with E-state index < -0.39 is 17.5 Å². The van der Waals surface area contributed by atoms with Gasteiger partial charge in [0.05, 0.1) is 6.20 Å². The lowest BCUT2D eigenvalue weighted by atomic mass is 10.3. The maximum Gasteiger partial charge on any atom is 0.360 e. The molecule has 96 valence electrons. The molecule has 2 aromatic rings. The third-order valence-electron chi connectivity index (χ3n) is 2.15. The molecule has 0 spiro atoms. The highest BCUT2D eigenvalue weighted by molar-refractivity contribution is 5.89. The molecule has 0 aliphatic carbocycles. The van der Waals surface area contributed by atoms with Gasteiger partial charge < -0.3 is 14.8 Å². The van der Waals surface area contributed by atoms with Gasteiger partial charge in [-0.2, -0.15) is 0 Å². The maximum atomic E-state index is 11.6. The number of carboxylic acid groups (broad SMARTS) is 1. The van der Waals surface area contributed by atoms with E-state index in [9.17, 15) is 14.4 Å². The van der Waals surface area contributed by atoms with Gasteiger partial charge in [-0.3, -0.25) is 4.79 Å². The topological polar surface area (TPSA) is 109 Å². The van der Waals surface area contributed by atoms with Gasteiger partial charge in [0.15, 0.2) is 0 Å². The number of hydrogen-bond donors (Lipinski definition) is 2. The Kier molecular flexibility index (Phi) is 3.37. The second-order valence-electron chi connectivity index (χ2n) is 3.50. The molecule has 2 aromatic heterocycles. The van der Waals surface area contributed by atoms with Crippen LogP contribution in [0.2, 0.25) is 0 Å².